The summed E-state index contributed by atoms with van der Waals surface area (Å²) in [6.45, 7) is 7.90. The summed E-state index contributed by atoms with van der Waals surface area (Å²) >= 11 is 3.61. The molecule has 0 unspecified atom stereocenters. The summed E-state index contributed by atoms with van der Waals surface area (Å²) in [6.07, 6.45) is 8.33. The van der Waals surface area contributed by atoms with Crippen molar-refractivity contribution in [1.29, 1.82) is 5.41 Å². The van der Waals surface area contributed by atoms with Gasteiger partial charge in [-0.25, -0.2) is 4.98 Å². The highest BCUT2D eigenvalue weighted by molar-refractivity contribution is 9.10. The summed E-state index contributed by atoms with van der Waals surface area (Å²) in [5, 5.41) is 22.5. The molecule has 1 aliphatic rings. The van der Waals surface area contributed by atoms with Gasteiger partial charge in [-0.05, 0) is 47.5 Å². The zero-order chi connectivity index (χ0) is 29.6. The Hall–Kier alpha value is -3.86. The zero-order valence-electron chi connectivity index (χ0n) is 24.0. The molecule has 2 aromatic carbocycles. The number of nitrogens with zero attached hydrogens (tertiary/aromatic N) is 5. The van der Waals surface area contributed by atoms with Crippen molar-refractivity contribution in [2.24, 2.45) is 0 Å². The number of methoxy groups -OCH3 is 1. The van der Waals surface area contributed by atoms with Crippen LogP contribution in [0.1, 0.15) is 5.56 Å². The van der Waals surface area contributed by atoms with E-state index in [-0.39, 0.29) is 0 Å². The number of ether oxygens (including phenoxy) is 1. The number of benzene rings is 2. The molecule has 1 saturated heterocycles. The summed E-state index contributed by atoms with van der Waals surface area (Å²) < 4.78 is 6.54. The molecule has 218 valence electrons. The molecule has 2 aromatic heterocycles. The first kappa shape index (κ1) is 29.6. The van der Waals surface area contributed by atoms with Gasteiger partial charge in [-0.15, -0.1) is 0 Å². The van der Waals surface area contributed by atoms with E-state index in [0.717, 1.165) is 69.5 Å². The standard InChI is InChI=1S/C29H34BrN10OP/c1-32-16-18(15-31)19-13-23(25(41-2)14-24(19)40-11-9-33-10-12-40)38-29-36-17-20(30)28(39-29)37-22-6-5-21-26(27(22)42(3)4)35-8-7-34-21/h5-8,13-17,31-33H,9-12H2,1-4H3,(H2,36,37,38,39)/b18-16+,31-15?. The van der Waals surface area contributed by atoms with Crippen molar-refractivity contribution in [2.75, 3.05) is 69.2 Å². The third-order valence-corrected chi connectivity index (χ3v) is 8.77. The Bertz CT molecular complexity index is 1620. The number of rotatable bonds is 10. The Morgan fingerprint density at radius 1 is 1.10 bits per heavy atom. The molecule has 0 aliphatic carbocycles. The summed E-state index contributed by atoms with van der Waals surface area (Å²) in [6, 6.07) is 7.99. The first-order chi connectivity index (χ1) is 20.4. The van der Waals surface area contributed by atoms with Crippen LogP contribution in [-0.4, -0.2) is 79.8 Å². The molecule has 42 heavy (non-hydrogen) atoms. The van der Waals surface area contributed by atoms with Crippen LogP contribution in [0.3, 0.4) is 0 Å². The lowest BCUT2D eigenvalue weighted by Crippen LogP contribution is -2.43. The number of allylic oxidation sites excluding steroid dienone is 1. The van der Waals surface area contributed by atoms with Gasteiger partial charge in [0.2, 0.25) is 5.95 Å². The predicted octanol–water partition coefficient (Wildman–Crippen LogP) is 4.66. The molecule has 0 spiro atoms. The second-order valence-corrected chi connectivity index (χ2v) is 12.9. The van der Waals surface area contributed by atoms with Crippen molar-refractivity contribution < 1.29 is 4.74 Å². The quantitative estimate of drug-likeness (QED) is 0.122. The molecule has 0 amide bonds. The van der Waals surface area contributed by atoms with Crippen LogP contribution in [0.4, 0.5) is 28.8 Å². The van der Waals surface area contributed by atoms with Crippen LogP contribution in [0.5, 0.6) is 5.75 Å². The van der Waals surface area contributed by atoms with Crippen LogP contribution in [0, 0.1) is 5.41 Å². The Morgan fingerprint density at radius 2 is 1.88 bits per heavy atom. The molecule has 3 heterocycles. The number of piperazine rings is 1. The van der Waals surface area contributed by atoms with Crippen molar-refractivity contribution in [3.8, 4) is 5.75 Å². The lowest BCUT2D eigenvalue weighted by Gasteiger charge is -2.32. The fourth-order valence-electron chi connectivity index (χ4n) is 4.93. The topological polar surface area (TPSA) is 136 Å². The van der Waals surface area contributed by atoms with E-state index in [1.54, 1.807) is 25.7 Å². The molecule has 1 fully saturated rings. The second-order valence-electron chi connectivity index (χ2n) is 9.76. The molecule has 4 aromatic rings. The molecule has 5 N–H and O–H groups in total. The monoisotopic (exact) mass is 648 g/mol. The van der Waals surface area contributed by atoms with Crippen LogP contribution >= 0.6 is 23.9 Å². The van der Waals surface area contributed by atoms with Crippen LogP contribution in [0.15, 0.2) is 53.5 Å². The molecular formula is C29H34BrN10OP. The van der Waals surface area contributed by atoms with E-state index in [1.807, 2.05) is 37.5 Å². The van der Waals surface area contributed by atoms with Gasteiger partial charge in [0.25, 0.3) is 0 Å². The van der Waals surface area contributed by atoms with Gasteiger partial charge in [-0.3, -0.25) is 9.97 Å². The molecule has 5 rings (SSSR count). The fraction of sp³-hybridized carbons (Fsp3) is 0.276. The Labute approximate surface area is 255 Å². The smallest absolute Gasteiger partial charge is 0.229 e. The largest absolute Gasteiger partial charge is 0.494 e. The lowest BCUT2D eigenvalue weighted by atomic mass is 10.0. The third-order valence-electron chi connectivity index (χ3n) is 6.85. The molecule has 0 radical (unpaired) electrons. The Kier molecular flexibility index (Phi) is 9.46. The van der Waals surface area contributed by atoms with E-state index in [2.05, 4.69) is 70.4 Å². The number of fused-ring (bicyclic) bond motifs is 1. The second kappa shape index (κ2) is 13.4. The molecule has 1 aliphatic heterocycles. The maximum atomic E-state index is 8.10. The average Bonchev–Trinajstić information content (AvgIpc) is 3.01. The highest BCUT2D eigenvalue weighted by Crippen LogP contribution is 2.39. The van der Waals surface area contributed by atoms with Gasteiger partial charge in [0.15, 0.2) is 0 Å². The maximum Gasteiger partial charge on any atom is 0.229 e. The highest BCUT2D eigenvalue weighted by Gasteiger charge is 2.21. The van der Waals surface area contributed by atoms with Crippen molar-refractivity contribution >= 4 is 80.8 Å². The molecule has 0 bridgehead atoms. The average molecular weight is 650 g/mol. The Morgan fingerprint density at radius 3 is 2.60 bits per heavy atom. The molecular weight excluding hydrogens is 615 g/mol. The molecule has 0 saturated carbocycles. The number of anilines is 5. The number of nitrogens with one attached hydrogen (secondary N) is 5. The van der Waals surface area contributed by atoms with Crippen LogP contribution in [-0.2, 0) is 0 Å². The number of hydrogen-bond acceptors (Lipinski definition) is 11. The molecule has 0 atom stereocenters. The minimum Gasteiger partial charge on any atom is -0.494 e. The zero-order valence-corrected chi connectivity index (χ0v) is 26.5. The van der Waals surface area contributed by atoms with E-state index < -0.39 is 7.92 Å². The van der Waals surface area contributed by atoms with Crippen LogP contribution in [0.2, 0.25) is 0 Å². The van der Waals surface area contributed by atoms with Crippen molar-refractivity contribution in [2.45, 2.75) is 0 Å². The van der Waals surface area contributed by atoms with Gasteiger partial charge in [-0.1, -0.05) is 7.92 Å². The first-order valence-electron chi connectivity index (χ1n) is 13.5. The summed E-state index contributed by atoms with van der Waals surface area (Å²) in [7, 11) is 2.98. The minimum atomic E-state index is -0.493. The number of hydrogen-bond donors (Lipinski definition) is 5. The van der Waals surface area contributed by atoms with Crippen molar-refractivity contribution in [3.63, 3.8) is 0 Å². The van der Waals surface area contributed by atoms with E-state index in [1.165, 1.54) is 6.21 Å². The van der Waals surface area contributed by atoms with Crippen LogP contribution in [0.25, 0.3) is 16.6 Å². The van der Waals surface area contributed by atoms with Gasteiger partial charge in [0.1, 0.15) is 11.6 Å². The van der Waals surface area contributed by atoms with Crippen molar-refractivity contribution in [3.05, 3.63) is 59.1 Å². The van der Waals surface area contributed by atoms with Gasteiger partial charge in [-0.2, -0.15) is 4.98 Å². The van der Waals surface area contributed by atoms with E-state index >= 15 is 0 Å². The van der Waals surface area contributed by atoms with Gasteiger partial charge in [0, 0.05) is 98.1 Å². The molecule has 13 heteroatoms. The van der Waals surface area contributed by atoms with E-state index in [0.29, 0.717) is 23.2 Å². The fourth-order valence-corrected chi connectivity index (χ4v) is 6.42. The van der Waals surface area contributed by atoms with Gasteiger partial charge < -0.3 is 36.3 Å². The minimum absolute atomic E-state index is 0.395. The summed E-state index contributed by atoms with van der Waals surface area (Å²) in [5.41, 5.74) is 6.03. The van der Waals surface area contributed by atoms with Gasteiger partial charge in [0.05, 0.1) is 28.3 Å². The predicted molar refractivity (Wildman–Crippen MR) is 178 cm³/mol. The van der Waals surface area contributed by atoms with Gasteiger partial charge >= 0.3 is 0 Å². The summed E-state index contributed by atoms with van der Waals surface area (Å²) in [5.74, 6) is 1.66. The SMILES string of the molecule is CN/C=C(\C=N)c1cc(Nc2ncc(Br)c(Nc3ccc4nccnc4c3P(C)C)n2)c(OC)cc1N1CCNCC1. The first-order valence-corrected chi connectivity index (χ1v) is 16.5. The number of halogens is 1. The van der Waals surface area contributed by atoms with E-state index in [4.69, 9.17) is 15.1 Å². The van der Waals surface area contributed by atoms with Crippen LogP contribution < -0.4 is 36.2 Å². The Balaban J connectivity index is 1.52. The lowest BCUT2D eigenvalue weighted by molar-refractivity contribution is 0.416. The van der Waals surface area contributed by atoms with Crippen molar-refractivity contribution in [1.82, 2.24) is 30.6 Å². The highest BCUT2D eigenvalue weighted by atomic mass is 79.9. The molecule has 11 nitrogen and oxygen atoms in total. The number of aromatic nitrogens is 4. The summed E-state index contributed by atoms with van der Waals surface area (Å²) in [4.78, 5) is 20.7. The maximum absolute atomic E-state index is 8.10. The normalized spacial score (nSPS) is 13.8. The third kappa shape index (κ3) is 6.30. The van der Waals surface area contributed by atoms with E-state index in [9.17, 15) is 0 Å².